The van der Waals surface area contributed by atoms with Crippen LogP contribution in [0.3, 0.4) is 0 Å². The maximum absolute atomic E-state index is 12.4. The number of esters is 1. The largest absolute Gasteiger partial charge is 0.497 e. The molecule has 3 rings (SSSR count). The Bertz CT molecular complexity index is 1030. The Kier molecular flexibility index (Phi) is 7.70. The molecule has 1 heterocycles. The average molecular weight is 457 g/mol. The number of benzene rings is 2. The standard InChI is InChI=1S/C23H27N3O7/c1-15-8-10-25(11-9-15)19-7-4-16(12-20(19)26(29)30)23(28)33-14-22(27)24-18-6-5-17(31-2)13-21(18)32-3/h4-7,12-13,15H,8-11,14H2,1-3H3,(H,24,27). The molecule has 2 aromatic carbocycles. The van der Waals surface area contributed by atoms with Gasteiger partial charge in [-0.15, -0.1) is 0 Å². The fourth-order valence-corrected chi connectivity index (χ4v) is 3.62. The molecule has 0 radical (unpaired) electrons. The molecule has 1 amide bonds. The quantitative estimate of drug-likeness (QED) is 0.362. The summed E-state index contributed by atoms with van der Waals surface area (Å²) in [5.41, 5.74) is 0.708. The van der Waals surface area contributed by atoms with Crippen LogP contribution < -0.4 is 19.7 Å². The van der Waals surface area contributed by atoms with Crippen molar-refractivity contribution in [1.82, 2.24) is 0 Å². The van der Waals surface area contributed by atoms with Crippen molar-refractivity contribution in [2.45, 2.75) is 19.8 Å². The van der Waals surface area contributed by atoms with Gasteiger partial charge in [-0.25, -0.2) is 4.79 Å². The molecular formula is C23H27N3O7. The van der Waals surface area contributed by atoms with Crippen molar-refractivity contribution in [2.75, 3.05) is 44.1 Å². The highest BCUT2D eigenvalue weighted by molar-refractivity contribution is 5.97. The number of amides is 1. The molecule has 1 fully saturated rings. The Morgan fingerprint density at radius 2 is 1.85 bits per heavy atom. The summed E-state index contributed by atoms with van der Waals surface area (Å²) in [7, 11) is 2.96. The summed E-state index contributed by atoms with van der Waals surface area (Å²) in [4.78, 5) is 37.8. The average Bonchev–Trinajstić information content (AvgIpc) is 2.82. The first kappa shape index (κ1) is 23.8. The Hall–Kier alpha value is -3.82. The zero-order chi connectivity index (χ0) is 24.0. The number of nitro groups is 1. The van der Waals surface area contributed by atoms with Gasteiger partial charge >= 0.3 is 5.97 Å². The SMILES string of the molecule is COc1ccc(NC(=O)COC(=O)c2ccc(N3CCC(C)CC3)c([N+](=O)[O-])c2)c(OC)c1. The molecule has 0 aliphatic carbocycles. The molecule has 0 atom stereocenters. The first-order chi connectivity index (χ1) is 15.8. The fraction of sp³-hybridized carbons (Fsp3) is 0.391. The van der Waals surface area contributed by atoms with E-state index in [4.69, 9.17) is 14.2 Å². The van der Waals surface area contributed by atoms with Crippen LogP contribution in [-0.4, -0.2) is 50.7 Å². The van der Waals surface area contributed by atoms with Gasteiger partial charge in [0.15, 0.2) is 6.61 Å². The van der Waals surface area contributed by atoms with Crippen LogP contribution in [0.2, 0.25) is 0 Å². The molecule has 0 saturated carbocycles. The van der Waals surface area contributed by atoms with E-state index >= 15 is 0 Å². The van der Waals surface area contributed by atoms with Gasteiger partial charge in [-0.3, -0.25) is 14.9 Å². The third-order valence-electron chi connectivity index (χ3n) is 5.55. The van der Waals surface area contributed by atoms with Crippen molar-refractivity contribution in [3.05, 3.63) is 52.1 Å². The van der Waals surface area contributed by atoms with Gasteiger partial charge in [0.2, 0.25) is 0 Å². The Balaban J connectivity index is 1.65. The highest BCUT2D eigenvalue weighted by atomic mass is 16.6. The zero-order valence-electron chi connectivity index (χ0n) is 18.8. The number of carbonyl (C=O) groups excluding carboxylic acids is 2. The molecule has 1 saturated heterocycles. The van der Waals surface area contributed by atoms with E-state index in [-0.39, 0.29) is 11.3 Å². The van der Waals surface area contributed by atoms with Gasteiger partial charge in [0, 0.05) is 25.2 Å². The lowest BCUT2D eigenvalue weighted by Crippen LogP contribution is -2.33. The number of hydrogen-bond acceptors (Lipinski definition) is 8. The molecule has 0 bridgehead atoms. The Labute approximate surface area is 191 Å². The van der Waals surface area contributed by atoms with Crippen molar-refractivity contribution in [2.24, 2.45) is 5.92 Å². The van der Waals surface area contributed by atoms with Crippen LogP contribution in [0.4, 0.5) is 17.1 Å². The first-order valence-electron chi connectivity index (χ1n) is 10.5. The molecule has 176 valence electrons. The molecule has 0 unspecified atom stereocenters. The molecule has 0 spiro atoms. The monoisotopic (exact) mass is 457 g/mol. The molecular weight excluding hydrogens is 430 g/mol. The number of rotatable bonds is 8. The number of nitrogens with zero attached hydrogens (tertiary/aromatic N) is 2. The van der Waals surface area contributed by atoms with Crippen molar-refractivity contribution in [3.63, 3.8) is 0 Å². The van der Waals surface area contributed by atoms with Gasteiger partial charge in [0.25, 0.3) is 11.6 Å². The number of piperidine rings is 1. The number of carbonyl (C=O) groups is 2. The molecule has 1 N–H and O–H groups in total. The molecule has 2 aromatic rings. The number of hydrogen-bond donors (Lipinski definition) is 1. The van der Waals surface area contributed by atoms with Gasteiger partial charge in [0.1, 0.15) is 17.2 Å². The highest BCUT2D eigenvalue weighted by Crippen LogP contribution is 2.33. The van der Waals surface area contributed by atoms with Gasteiger partial charge in [-0.2, -0.15) is 0 Å². The second-order valence-electron chi connectivity index (χ2n) is 7.82. The Morgan fingerprint density at radius 3 is 2.48 bits per heavy atom. The number of methoxy groups -OCH3 is 2. The van der Waals surface area contributed by atoms with Crippen LogP contribution in [0.15, 0.2) is 36.4 Å². The number of nitrogens with one attached hydrogen (secondary N) is 1. The summed E-state index contributed by atoms with van der Waals surface area (Å²) < 4.78 is 15.4. The predicted octanol–water partition coefficient (Wildman–Crippen LogP) is 3.64. The topological polar surface area (TPSA) is 120 Å². The van der Waals surface area contributed by atoms with Crippen LogP contribution in [-0.2, 0) is 9.53 Å². The minimum absolute atomic E-state index is 0.00524. The van der Waals surface area contributed by atoms with Crippen LogP contribution >= 0.6 is 0 Å². The minimum Gasteiger partial charge on any atom is -0.497 e. The second kappa shape index (κ2) is 10.7. The Morgan fingerprint density at radius 1 is 1.12 bits per heavy atom. The summed E-state index contributed by atoms with van der Waals surface area (Å²) >= 11 is 0. The van der Waals surface area contributed by atoms with E-state index in [0.717, 1.165) is 25.9 Å². The van der Waals surface area contributed by atoms with Gasteiger partial charge in [-0.05, 0) is 43.0 Å². The molecule has 10 heteroatoms. The van der Waals surface area contributed by atoms with E-state index in [9.17, 15) is 19.7 Å². The van der Waals surface area contributed by atoms with Crippen LogP contribution in [0.25, 0.3) is 0 Å². The molecule has 1 aliphatic rings. The number of anilines is 2. The minimum atomic E-state index is -0.825. The van der Waals surface area contributed by atoms with Crippen LogP contribution in [0, 0.1) is 16.0 Å². The van der Waals surface area contributed by atoms with Crippen molar-refractivity contribution in [1.29, 1.82) is 0 Å². The highest BCUT2D eigenvalue weighted by Gasteiger charge is 2.25. The maximum atomic E-state index is 12.4. The predicted molar refractivity (Wildman–Crippen MR) is 122 cm³/mol. The van der Waals surface area contributed by atoms with Crippen LogP contribution in [0.5, 0.6) is 11.5 Å². The lowest BCUT2D eigenvalue weighted by Gasteiger charge is -2.31. The smallest absolute Gasteiger partial charge is 0.338 e. The van der Waals surface area contributed by atoms with E-state index in [1.165, 1.54) is 26.4 Å². The summed E-state index contributed by atoms with van der Waals surface area (Å²) in [6.45, 7) is 3.04. The summed E-state index contributed by atoms with van der Waals surface area (Å²) in [5.74, 6) is 0.112. The van der Waals surface area contributed by atoms with Gasteiger partial charge < -0.3 is 24.4 Å². The maximum Gasteiger partial charge on any atom is 0.338 e. The number of nitro benzene ring substituents is 1. The zero-order valence-corrected chi connectivity index (χ0v) is 18.8. The van der Waals surface area contributed by atoms with Crippen molar-refractivity contribution >= 4 is 28.9 Å². The second-order valence-corrected chi connectivity index (χ2v) is 7.82. The summed E-state index contributed by atoms with van der Waals surface area (Å²) in [6, 6.07) is 9.08. The molecule has 33 heavy (non-hydrogen) atoms. The molecule has 0 aromatic heterocycles. The summed E-state index contributed by atoms with van der Waals surface area (Å²) in [5, 5.41) is 14.2. The third kappa shape index (κ3) is 5.91. The first-order valence-corrected chi connectivity index (χ1v) is 10.5. The van der Waals surface area contributed by atoms with E-state index in [1.807, 2.05) is 4.90 Å². The van der Waals surface area contributed by atoms with E-state index in [2.05, 4.69) is 12.2 Å². The summed E-state index contributed by atoms with van der Waals surface area (Å²) in [6.07, 6.45) is 1.91. The third-order valence-corrected chi connectivity index (χ3v) is 5.55. The lowest BCUT2D eigenvalue weighted by atomic mass is 9.98. The van der Waals surface area contributed by atoms with E-state index < -0.39 is 23.4 Å². The van der Waals surface area contributed by atoms with E-state index in [0.29, 0.717) is 28.8 Å². The van der Waals surface area contributed by atoms with Gasteiger partial charge in [-0.1, -0.05) is 6.92 Å². The van der Waals surface area contributed by atoms with E-state index in [1.54, 1.807) is 24.3 Å². The van der Waals surface area contributed by atoms with Crippen LogP contribution in [0.1, 0.15) is 30.1 Å². The normalized spacial score (nSPS) is 13.8. The number of ether oxygens (including phenoxy) is 3. The van der Waals surface area contributed by atoms with Crippen molar-refractivity contribution in [3.8, 4) is 11.5 Å². The van der Waals surface area contributed by atoms with Crippen molar-refractivity contribution < 1.29 is 28.7 Å². The molecule has 10 nitrogen and oxygen atoms in total. The molecule has 1 aliphatic heterocycles. The fourth-order valence-electron chi connectivity index (χ4n) is 3.62. The van der Waals surface area contributed by atoms with Gasteiger partial charge in [0.05, 0.1) is 30.4 Å². The lowest BCUT2D eigenvalue weighted by molar-refractivity contribution is -0.384.